The molecule has 1 atom stereocenters. The monoisotopic (exact) mass is 158 g/mol. The number of alkyl halides is 1. The first-order valence-corrected chi connectivity index (χ1v) is 4.09. The Labute approximate surface area is 66.2 Å². The number of piperidine rings is 1. The normalized spacial score (nSPS) is 33.2. The fourth-order valence-corrected chi connectivity index (χ4v) is 1.50. The van der Waals surface area contributed by atoms with Gasteiger partial charge in [0, 0.05) is 0 Å². The summed E-state index contributed by atoms with van der Waals surface area (Å²) in [6, 6.07) is 2.22. The summed E-state index contributed by atoms with van der Waals surface area (Å²) in [6.45, 7) is 0.931. The number of rotatable bonds is 1. The van der Waals surface area contributed by atoms with Crippen LogP contribution in [0.1, 0.15) is 19.3 Å². The van der Waals surface area contributed by atoms with Gasteiger partial charge in [0.2, 0.25) is 0 Å². The molecule has 56 valence electrons. The Morgan fingerprint density at radius 3 is 2.70 bits per heavy atom. The fourth-order valence-electron chi connectivity index (χ4n) is 1.21. The van der Waals surface area contributed by atoms with Gasteiger partial charge in [-0.05, 0) is 25.8 Å². The second kappa shape index (κ2) is 3.23. The summed E-state index contributed by atoms with van der Waals surface area (Å²) >= 11 is 5.65. The summed E-state index contributed by atoms with van der Waals surface area (Å²) < 4.78 is 0. The highest BCUT2D eigenvalue weighted by atomic mass is 35.5. The Hall–Kier alpha value is -0.260. The van der Waals surface area contributed by atoms with E-state index in [1.807, 2.05) is 0 Å². The van der Waals surface area contributed by atoms with Crippen LogP contribution in [0.15, 0.2) is 0 Å². The molecule has 1 unspecified atom stereocenters. The minimum Gasteiger partial charge on any atom is -0.298 e. The average Bonchev–Trinajstić information content (AvgIpc) is 2.06. The number of hydrogen-bond donors (Lipinski definition) is 1. The predicted molar refractivity (Wildman–Crippen MR) is 40.9 cm³/mol. The van der Waals surface area contributed by atoms with Gasteiger partial charge in [-0.25, -0.2) is 0 Å². The van der Waals surface area contributed by atoms with Gasteiger partial charge < -0.3 is 0 Å². The molecule has 0 spiro atoms. The highest BCUT2D eigenvalue weighted by molar-refractivity contribution is 6.18. The topological polar surface area (TPSA) is 35.8 Å². The smallest absolute Gasteiger partial charge is 0.120 e. The third kappa shape index (κ3) is 1.42. The molecule has 1 N–H and O–H groups in total. The number of nitriles is 1. The van der Waals surface area contributed by atoms with E-state index in [1.165, 1.54) is 6.42 Å². The first-order chi connectivity index (χ1) is 4.83. The van der Waals surface area contributed by atoms with Crippen LogP contribution >= 0.6 is 11.6 Å². The van der Waals surface area contributed by atoms with Crippen molar-refractivity contribution in [3.05, 3.63) is 0 Å². The Balaban J connectivity index is 2.55. The average molecular weight is 159 g/mol. The molecule has 0 radical (unpaired) electrons. The quantitative estimate of drug-likeness (QED) is 0.584. The molecule has 0 saturated carbocycles. The Bertz CT molecular complexity index is 144. The van der Waals surface area contributed by atoms with Gasteiger partial charge in [-0.2, -0.15) is 5.26 Å². The van der Waals surface area contributed by atoms with E-state index in [-0.39, 0.29) is 0 Å². The molecule has 0 amide bonds. The number of nitrogens with zero attached hydrogens (tertiary/aromatic N) is 1. The highest BCUT2D eigenvalue weighted by Gasteiger charge is 2.30. The lowest BCUT2D eigenvalue weighted by atomic mass is 9.92. The Kier molecular flexibility index (Phi) is 2.53. The summed E-state index contributed by atoms with van der Waals surface area (Å²) in [7, 11) is 0. The summed E-state index contributed by atoms with van der Waals surface area (Å²) in [4.78, 5) is 0. The van der Waals surface area contributed by atoms with Crippen molar-refractivity contribution >= 4 is 11.6 Å². The van der Waals surface area contributed by atoms with Crippen molar-refractivity contribution in [2.45, 2.75) is 24.8 Å². The Morgan fingerprint density at radius 2 is 2.40 bits per heavy atom. The largest absolute Gasteiger partial charge is 0.298 e. The molecular weight excluding hydrogens is 148 g/mol. The maximum atomic E-state index is 8.74. The number of nitrogens with one attached hydrogen (secondary N) is 1. The van der Waals surface area contributed by atoms with Crippen LogP contribution < -0.4 is 5.32 Å². The molecule has 1 saturated heterocycles. The summed E-state index contributed by atoms with van der Waals surface area (Å²) in [5.41, 5.74) is -0.417. The summed E-state index contributed by atoms with van der Waals surface area (Å²) in [6.07, 6.45) is 3.18. The van der Waals surface area contributed by atoms with Crippen LogP contribution in [0.25, 0.3) is 0 Å². The van der Waals surface area contributed by atoms with E-state index in [9.17, 15) is 0 Å². The highest BCUT2D eigenvalue weighted by Crippen LogP contribution is 2.19. The van der Waals surface area contributed by atoms with E-state index in [0.717, 1.165) is 19.4 Å². The van der Waals surface area contributed by atoms with Gasteiger partial charge in [-0.1, -0.05) is 0 Å². The minimum absolute atomic E-state index is 0.406. The standard InChI is InChI=1S/C7H11ClN2/c8-5-7(6-9)3-1-2-4-10-7/h10H,1-5H2. The van der Waals surface area contributed by atoms with Crippen molar-refractivity contribution in [2.75, 3.05) is 12.4 Å². The Morgan fingerprint density at radius 1 is 1.60 bits per heavy atom. The van der Waals surface area contributed by atoms with Crippen molar-refractivity contribution in [2.24, 2.45) is 0 Å². The zero-order chi connectivity index (χ0) is 7.45. The predicted octanol–water partition coefficient (Wildman–Crippen LogP) is 1.26. The minimum atomic E-state index is -0.417. The first-order valence-electron chi connectivity index (χ1n) is 3.55. The first kappa shape index (κ1) is 7.84. The van der Waals surface area contributed by atoms with E-state index in [1.54, 1.807) is 0 Å². The molecular formula is C7H11ClN2. The lowest BCUT2D eigenvalue weighted by Gasteiger charge is -2.29. The zero-order valence-corrected chi connectivity index (χ0v) is 6.62. The summed E-state index contributed by atoms with van der Waals surface area (Å²) in [5, 5.41) is 11.9. The van der Waals surface area contributed by atoms with Gasteiger partial charge in [-0.3, -0.25) is 5.32 Å². The SMILES string of the molecule is N#CC1(CCl)CCCCN1. The van der Waals surface area contributed by atoms with E-state index < -0.39 is 5.54 Å². The van der Waals surface area contributed by atoms with Crippen molar-refractivity contribution in [1.82, 2.24) is 5.32 Å². The molecule has 1 aliphatic heterocycles. The molecule has 1 heterocycles. The van der Waals surface area contributed by atoms with Gasteiger partial charge in [0.1, 0.15) is 5.54 Å². The zero-order valence-electron chi connectivity index (χ0n) is 5.86. The summed E-state index contributed by atoms with van der Waals surface area (Å²) in [5.74, 6) is 0.406. The second-order valence-electron chi connectivity index (χ2n) is 2.71. The molecule has 0 aromatic rings. The van der Waals surface area contributed by atoms with Gasteiger partial charge in [0.05, 0.1) is 11.9 Å². The number of halogens is 1. The van der Waals surface area contributed by atoms with Gasteiger partial charge in [0.25, 0.3) is 0 Å². The van der Waals surface area contributed by atoms with Crippen LogP contribution in [0.5, 0.6) is 0 Å². The van der Waals surface area contributed by atoms with Crippen LogP contribution in [0, 0.1) is 11.3 Å². The van der Waals surface area contributed by atoms with Crippen molar-refractivity contribution in [1.29, 1.82) is 5.26 Å². The van der Waals surface area contributed by atoms with E-state index in [4.69, 9.17) is 16.9 Å². The van der Waals surface area contributed by atoms with Crippen LogP contribution in [-0.4, -0.2) is 18.0 Å². The molecule has 0 bridgehead atoms. The number of hydrogen-bond acceptors (Lipinski definition) is 2. The van der Waals surface area contributed by atoms with Crippen molar-refractivity contribution in [3.8, 4) is 6.07 Å². The van der Waals surface area contributed by atoms with Gasteiger partial charge in [0.15, 0.2) is 0 Å². The molecule has 0 aromatic heterocycles. The van der Waals surface area contributed by atoms with Crippen molar-refractivity contribution in [3.63, 3.8) is 0 Å². The van der Waals surface area contributed by atoms with Gasteiger partial charge in [-0.15, -0.1) is 11.6 Å². The molecule has 1 aliphatic rings. The van der Waals surface area contributed by atoms with E-state index in [0.29, 0.717) is 5.88 Å². The second-order valence-corrected chi connectivity index (χ2v) is 2.98. The maximum absolute atomic E-state index is 8.74. The molecule has 10 heavy (non-hydrogen) atoms. The molecule has 0 aromatic carbocycles. The van der Waals surface area contributed by atoms with Crippen LogP contribution in [-0.2, 0) is 0 Å². The van der Waals surface area contributed by atoms with E-state index >= 15 is 0 Å². The lowest BCUT2D eigenvalue weighted by molar-refractivity contribution is 0.353. The molecule has 3 heteroatoms. The van der Waals surface area contributed by atoms with Crippen LogP contribution in [0.2, 0.25) is 0 Å². The van der Waals surface area contributed by atoms with Gasteiger partial charge >= 0.3 is 0 Å². The lowest BCUT2D eigenvalue weighted by Crippen LogP contribution is -2.48. The molecule has 2 nitrogen and oxygen atoms in total. The van der Waals surface area contributed by atoms with Crippen LogP contribution in [0.4, 0.5) is 0 Å². The van der Waals surface area contributed by atoms with Crippen molar-refractivity contribution < 1.29 is 0 Å². The molecule has 1 fully saturated rings. The maximum Gasteiger partial charge on any atom is 0.120 e. The third-order valence-corrected chi connectivity index (χ3v) is 2.39. The van der Waals surface area contributed by atoms with E-state index in [2.05, 4.69) is 11.4 Å². The third-order valence-electron chi connectivity index (χ3n) is 1.94. The van der Waals surface area contributed by atoms with Crippen LogP contribution in [0.3, 0.4) is 0 Å². The molecule has 1 rings (SSSR count). The molecule has 0 aliphatic carbocycles. The fraction of sp³-hybridized carbons (Fsp3) is 0.857.